The summed E-state index contributed by atoms with van der Waals surface area (Å²) in [6, 6.07) is 10.3. The molecule has 2 aliphatic heterocycles. The molecular formula is C18H20N2O2S. The predicted molar refractivity (Wildman–Crippen MR) is 91.4 cm³/mol. The molecule has 2 unspecified atom stereocenters. The van der Waals surface area contributed by atoms with Gasteiger partial charge in [-0.05, 0) is 62.4 Å². The van der Waals surface area contributed by atoms with Crippen LogP contribution in [0, 0.1) is 13.8 Å². The van der Waals surface area contributed by atoms with E-state index in [2.05, 4.69) is 23.3 Å². The Labute approximate surface area is 136 Å². The number of sulfone groups is 1. The van der Waals surface area contributed by atoms with Crippen LogP contribution in [0.25, 0.3) is 11.3 Å². The lowest BCUT2D eigenvalue weighted by molar-refractivity contribution is 0.585. The first-order valence-corrected chi connectivity index (χ1v) is 9.63. The minimum atomic E-state index is -2.93. The molecule has 120 valence electrons. The van der Waals surface area contributed by atoms with Crippen LogP contribution in [0.1, 0.15) is 36.2 Å². The predicted octanol–water partition coefficient (Wildman–Crippen LogP) is 3.22. The van der Waals surface area contributed by atoms with Crippen molar-refractivity contribution in [1.82, 2.24) is 9.78 Å². The lowest BCUT2D eigenvalue weighted by Gasteiger charge is -2.21. The highest BCUT2D eigenvalue weighted by Crippen LogP contribution is 2.40. The van der Waals surface area contributed by atoms with Crippen LogP contribution in [0.15, 0.2) is 36.4 Å². The minimum absolute atomic E-state index is 0.190. The molecule has 1 saturated heterocycles. The number of nitrogens with zero attached hydrogens (tertiary/aromatic N) is 2. The van der Waals surface area contributed by atoms with Crippen LogP contribution in [-0.2, 0) is 9.84 Å². The third kappa shape index (κ3) is 2.34. The molecule has 0 radical (unpaired) electrons. The van der Waals surface area contributed by atoms with Gasteiger partial charge in [0.2, 0.25) is 0 Å². The van der Waals surface area contributed by atoms with Gasteiger partial charge in [0.05, 0.1) is 21.9 Å². The molecule has 4 nitrogen and oxygen atoms in total. The van der Waals surface area contributed by atoms with E-state index < -0.39 is 9.84 Å². The highest BCUT2D eigenvalue weighted by Gasteiger charge is 2.43. The molecule has 2 aliphatic rings. The Kier molecular flexibility index (Phi) is 3.23. The third-order valence-corrected chi connectivity index (χ3v) is 7.51. The van der Waals surface area contributed by atoms with Crippen molar-refractivity contribution >= 4 is 15.4 Å². The van der Waals surface area contributed by atoms with Crippen LogP contribution in [0.2, 0.25) is 0 Å². The Bertz CT molecular complexity index is 909. The summed E-state index contributed by atoms with van der Waals surface area (Å²) >= 11 is 0. The summed E-state index contributed by atoms with van der Waals surface area (Å²) in [6.45, 7) is 4.03. The standard InChI is InChI=1S/C18H20N2O2S/c1-12-8-13(2)20(19-12)16-5-3-4-14(9-16)15-10-17-6-7-18(11-15)23(17,21)22/h3-5,8-10,17-18H,6-7,11H2,1-2H3. The summed E-state index contributed by atoms with van der Waals surface area (Å²) in [5.74, 6) is 0. The average Bonchev–Trinajstić information content (AvgIpc) is 2.88. The van der Waals surface area contributed by atoms with Gasteiger partial charge in [-0.15, -0.1) is 0 Å². The van der Waals surface area contributed by atoms with Gasteiger partial charge in [-0.2, -0.15) is 5.10 Å². The number of aromatic nitrogens is 2. The zero-order valence-electron chi connectivity index (χ0n) is 13.4. The number of rotatable bonds is 2. The van der Waals surface area contributed by atoms with E-state index in [0.717, 1.165) is 41.1 Å². The normalized spacial score (nSPS) is 25.4. The molecular weight excluding hydrogens is 308 g/mol. The van der Waals surface area contributed by atoms with E-state index >= 15 is 0 Å². The molecule has 0 spiro atoms. The molecule has 2 aromatic rings. The number of aryl methyl sites for hydroxylation is 2. The Balaban J connectivity index is 1.75. The van der Waals surface area contributed by atoms with E-state index in [1.807, 2.05) is 36.7 Å². The molecule has 23 heavy (non-hydrogen) atoms. The largest absolute Gasteiger partial charge is 0.238 e. The molecule has 2 bridgehead atoms. The average molecular weight is 328 g/mol. The van der Waals surface area contributed by atoms with E-state index in [-0.39, 0.29) is 10.5 Å². The molecule has 1 aromatic heterocycles. The van der Waals surface area contributed by atoms with E-state index in [9.17, 15) is 8.42 Å². The van der Waals surface area contributed by atoms with Gasteiger partial charge in [0, 0.05) is 5.69 Å². The summed E-state index contributed by atoms with van der Waals surface area (Å²) in [5.41, 5.74) is 5.39. The van der Waals surface area contributed by atoms with Crippen LogP contribution in [0.5, 0.6) is 0 Å². The molecule has 0 saturated carbocycles. The molecule has 1 aromatic carbocycles. The summed E-state index contributed by atoms with van der Waals surface area (Å²) in [4.78, 5) is 0. The van der Waals surface area contributed by atoms with Crippen molar-refractivity contribution in [2.75, 3.05) is 0 Å². The van der Waals surface area contributed by atoms with Crippen molar-refractivity contribution in [1.29, 1.82) is 0 Å². The number of hydrogen-bond acceptors (Lipinski definition) is 3. The maximum atomic E-state index is 12.2. The van der Waals surface area contributed by atoms with Crippen LogP contribution in [0.4, 0.5) is 0 Å². The molecule has 0 aliphatic carbocycles. The van der Waals surface area contributed by atoms with E-state index in [0.29, 0.717) is 6.42 Å². The highest BCUT2D eigenvalue weighted by atomic mass is 32.2. The van der Waals surface area contributed by atoms with Gasteiger partial charge in [0.15, 0.2) is 9.84 Å². The van der Waals surface area contributed by atoms with Crippen molar-refractivity contribution in [3.63, 3.8) is 0 Å². The van der Waals surface area contributed by atoms with Gasteiger partial charge < -0.3 is 0 Å². The highest BCUT2D eigenvalue weighted by molar-refractivity contribution is 7.93. The third-order valence-electron chi connectivity index (χ3n) is 4.97. The SMILES string of the molecule is Cc1cc(C)n(-c2cccc(C3=CC4CCC(C3)S4(=O)=O)c2)n1. The fraction of sp³-hybridized carbons (Fsp3) is 0.389. The number of fused-ring (bicyclic) bond motifs is 2. The van der Waals surface area contributed by atoms with Crippen molar-refractivity contribution < 1.29 is 8.42 Å². The van der Waals surface area contributed by atoms with Gasteiger partial charge in [0.1, 0.15) is 0 Å². The first-order valence-electron chi connectivity index (χ1n) is 8.02. The number of benzene rings is 1. The number of allylic oxidation sites excluding steroid dienone is 1. The molecule has 4 rings (SSSR count). The van der Waals surface area contributed by atoms with E-state index in [1.165, 1.54) is 0 Å². The summed E-state index contributed by atoms with van der Waals surface area (Å²) < 4.78 is 26.4. The smallest absolute Gasteiger partial charge is 0.159 e. The quantitative estimate of drug-likeness (QED) is 0.850. The lowest BCUT2D eigenvalue weighted by Crippen LogP contribution is -2.26. The van der Waals surface area contributed by atoms with Crippen LogP contribution in [-0.4, -0.2) is 28.7 Å². The molecule has 0 N–H and O–H groups in total. The Hall–Kier alpha value is -1.88. The maximum Gasteiger partial charge on any atom is 0.159 e. The zero-order chi connectivity index (χ0) is 16.2. The maximum absolute atomic E-state index is 12.2. The van der Waals surface area contributed by atoms with Crippen molar-refractivity contribution in [3.05, 3.63) is 53.4 Å². The fourth-order valence-corrected chi connectivity index (χ4v) is 5.99. The zero-order valence-corrected chi connectivity index (χ0v) is 14.2. The Morgan fingerprint density at radius 3 is 2.70 bits per heavy atom. The summed E-state index contributed by atoms with van der Waals surface area (Å²) in [6.07, 6.45) is 4.18. The minimum Gasteiger partial charge on any atom is -0.238 e. The van der Waals surface area contributed by atoms with Crippen molar-refractivity contribution in [2.45, 2.75) is 43.6 Å². The molecule has 3 heterocycles. The van der Waals surface area contributed by atoms with Gasteiger partial charge in [0.25, 0.3) is 0 Å². The Morgan fingerprint density at radius 1 is 1.17 bits per heavy atom. The second kappa shape index (κ2) is 5.06. The molecule has 0 amide bonds. The second-order valence-electron chi connectivity index (χ2n) is 6.61. The van der Waals surface area contributed by atoms with Crippen LogP contribution in [0.3, 0.4) is 0 Å². The summed E-state index contributed by atoms with van der Waals surface area (Å²) in [5, 5.41) is 4.06. The monoisotopic (exact) mass is 328 g/mol. The van der Waals surface area contributed by atoms with Gasteiger partial charge in [-0.3, -0.25) is 0 Å². The van der Waals surface area contributed by atoms with Gasteiger partial charge in [-0.1, -0.05) is 18.2 Å². The summed E-state index contributed by atoms with van der Waals surface area (Å²) in [7, 11) is -2.93. The lowest BCUT2D eigenvalue weighted by atomic mass is 10.0. The van der Waals surface area contributed by atoms with E-state index in [4.69, 9.17) is 0 Å². The van der Waals surface area contributed by atoms with Gasteiger partial charge in [-0.25, -0.2) is 13.1 Å². The Morgan fingerprint density at radius 2 is 2.00 bits per heavy atom. The fourth-order valence-electron chi connectivity index (χ4n) is 3.80. The molecule has 5 heteroatoms. The van der Waals surface area contributed by atoms with Crippen LogP contribution >= 0.6 is 0 Å². The topological polar surface area (TPSA) is 52.0 Å². The first kappa shape index (κ1) is 14.7. The first-order chi connectivity index (χ1) is 10.9. The van der Waals surface area contributed by atoms with Crippen molar-refractivity contribution in [2.24, 2.45) is 0 Å². The van der Waals surface area contributed by atoms with Crippen LogP contribution < -0.4 is 0 Å². The van der Waals surface area contributed by atoms with Gasteiger partial charge >= 0.3 is 0 Å². The van der Waals surface area contributed by atoms with E-state index in [1.54, 1.807) is 0 Å². The second-order valence-corrected chi connectivity index (χ2v) is 9.06. The molecule has 1 fully saturated rings. The number of hydrogen-bond donors (Lipinski definition) is 0. The molecule has 2 atom stereocenters. The van der Waals surface area contributed by atoms with Crippen molar-refractivity contribution in [3.8, 4) is 5.69 Å².